The summed E-state index contributed by atoms with van der Waals surface area (Å²) < 4.78 is 2.07. The Morgan fingerprint density at radius 3 is 2.67 bits per heavy atom. The largest absolute Gasteiger partial charge is 0.348 e. The Labute approximate surface area is 144 Å². The molecule has 2 aliphatic rings. The molecule has 1 amide bonds. The van der Waals surface area contributed by atoms with E-state index >= 15 is 0 Å². The highest BCUT2D eigenvalue weighted by Crippen LogP contribution is 2.42. The van der Waals surface area contributed by atoms with Crippen molar-refractivity contribution in [1.29, 1.82) is 0 Å². The highest BCUT2D eigenvalue weighted by Gasteiger charge is 2.36. The minimum absolute atomic E-state index is 0.0775. The second kappa shape index (κ2) is 5.84. The molecule has 0 saturated heterocycles. The molecule has 24 heavy (non-hydrogen) atoms. The molecule has 0 spiro atoms. The molecule has 0 aliphatic heterocycles. The Bertz CT molecular complexity index is 846. The Hall–Kier alpha value is -1.95. The van der Waals surface area contributed by atoms with Crippen molar-refractivity contribution in [2.45, 2.75) is 51.6 Å². The molecule has 6 heteroatoms. The van der Waals surface area contributed by atoms with Crippen LogP contribution in [-0.2, 0) is 0 Å². The third-order valence-corrected chi connectivity index (χ3v) is 5.75. The van der Waals surface area contributed by atoms with Crippen LogP contribution in [0.25, 0.3) is 0 Å². The van der Waals surface area contributed by atoms with E-state index in [1.54, 1.807) is 23.6 Å². The van der Waals surface area contributed by atoms with Gasteiger partial charge in [0.05, 0.1) is 6.04 Å². The standard InChI is InChI=1S/C18H21N3O2S/c1-10-7-15(22)14(9-21(10)13-5-6-13)17(23)20-16(12-3-4-12)18-19-8-11(2)24-18/h7-9,12-13,16H,3-6H2,1-2H3,(H,20,23)/t16-/m1/s1. The summed E-state index contributed by atoms with van der Waals surface area (Å²) in [6, 6.07) is 1.94. The SMILES string of the molecule is Cc1cnc([C@H](NC(=O)c2cn(C3CC3)c(C)cc2=O)C2CC2)s1. The maximum absolute atomic E-state index is 12.7. The fraction of sp³-hybridized carbons (Fsp3) is 0.500. The first kappa shape index (κ1) is 15.6. The van der Waals surface area contributed by atoms with Gasteiger partial charge in [-0.1, -0.05) is 0 Å². The zero-order valence-electron chi connectivity index (χ0n) is 13.9. The number of carbonyl (C=O) groups excluding carboxylic acids is 1. The second-order valence-corrected chi connectivity index (χ2v) is 8.20. The molecule has 0 unspecified atom stereocenters. The van der Waals surface area contributed by atoms with Crippen LogP contribution >= 0.6 is 11.3 Å². The van der Waals surface area contributed by atoms with Crippen LogP contribution in [0.4, 0.5) is 0 Å². The fourth-order valence-corrected chi connectivity index (χ4v) is 4.03. The quantitative estimate of drug-likeness (QED) is 0.907. The fourth-order valence-electron chi connectivity index (χ4n) is 3.11. The van der Waals surface area contributed by atoms with Crippen LogP contribution in [-0.4, -0.2) is 15.5 Å². The van der Waals surface area contributed by atoms with Gasteiger partial charge in [0.2, 0.25) is 0 Å². The van der Waals surface area contributed by atoms with Crippen molar-refractivity contribution in [3.05, 3.63) is 49.8 Å². The minimum atomic E-state index is -0.279. The van der Waals surface area contributed by atoms with Crippen molar-refractivity contribution in [2.24, 2.45) is 5.92 Å². The normalized spacial score (nSPS) is 18.4. The van der Waals surface area contributed by atoms with Gasteiger partial charge in [0, 0.05) is 35.1 Å². The molecule has 0 aromatic carbocycles. The monoisotopic (exact) mass is 343 g/mol. The highest BCUT2D eigenvalue weighted by atomic mass is 32.1. The topological polar surface area (TPSA) is 64.0 Å². The maximum atomic E-state index is 12.7. The van der Waals surface area contributed by atoms with Crippen LogP contribution in [0.1, 0.15) is 63.7 Å². The van der Waals surface area contributed by atoms with E-state index in [0.29, 0.717) is 12.0 Å². The number of aryl methyl sites for hydroxylation is 2. The summed E-state index contributed by atoms with van der Waals surface area (Å²) in [5.74, 6) is 0.162. The number of amides is 1. The molecule has 126 valence electrons. The number of thiazole rings is 1. The van der Waals surface area contributed by atoms with Gasteiger partial charge >= 0.3 is 0 Å². The number of pyridine rings is 1. The van der Waals surface area contributed by atoms with Crippen LogP contribution in [0, 0.1) is 19.8 Å². The molecule has 2 aromatic rings. The van der Waals surface area contributed by atoms with E-state index < -0.39 is 0 Å². The molecule has 0 radical (unpaired) electrons. The van der Waals surface area contributed by atoms with E-state index in [0.717, 1.165) is 41.3 Å². The van der Waals surface area contributed by atoms with Crippen LogP contribution in [0.3, 0.4) is 0 Å². The van der Waals surface area contributed by atoms with E-state index in [1.165, 1.54) is 0 Å². The lowest BCUT2D eigenvalue weighted by molar-refractivity contribution is 0.0929. The van der Waals surface area contributed by atoms with Gasteiger partial charge in [0.25, 0.3) is 5.91 Å². The molecule has 2 heterocycles. The summed E-state index contributed by atoms with van der Waals surface area (Å²) in [5.41, 5.74) is 0.964. The van der Waals surface area contributed by atoms with Crippen molar-refractivity contribution in [2.75, 3.05) is 0 Å². The lowest BCUT2D eigenvalue weighted by Crippen LogP contribution is -2.33. The predicted octanol–water partition coefficient (Wildman–Crippen LogP) is 3.14. The first-order chi connectivity index (χ1) is 11.5. The molecule has 4 rings (SSSR count). The minimum Gasteiger partial charge on any atom is -0.348 e. The summed E-state index contributed by atoms with van der Waals surface area (Å²) >= 11 is 1.62. The van der Waals surface area contributed by atoms with E-state index in [2.05, 4.69) is 14.9 Å². The summed E-state index contributed by atoms with van der Waals surface area (Å²) in [6.07, 6.45) is 8.02. The number of nitrogens with zero attached hydrogens (tertiary/aromatic N) is 2. The first-order valence-corrected chi connectivity index (χ1v) is 9.30. The Balaban J connectivity index is 1.61. The summed E-state index contributed by atoms with van der Waals surface area (Å²) in [7, 11) is 0. The van der Waals surface area contributed by atoms with Crippen LogP contribution in [0.2, 0.25) is 0 Å². The average Bonchev–Trinajstić information content (AvgIpc) is 3.43. The molecule has 0 bridgehead atoms. The van der Waals surface area contributed by atoms with Gasteiger partial charge in [-0.25, -0.2) is 4.98 Å². The van der Waals surface area contributed by atoms with Gasteiger partial charge in [-0.2, -0.15) is 0 Å². The average molecular weight is 343 g/mol. The van der Waals surface area contributed by atoms with E-state index in [4.69, 9.17) is 0 Å². The molecule has 2 saturated carbocycles. The van der Waals surface area contributed by atoms with E-state index in [1.807, 2.05) is 20.0 Å². The lowest BCUT2D eigenvalue weighted by Gasteiger charge is -2.17. The van der Waals surface area contributed by atoms with Gasteiger partial charge in [0.1, 0.15) is 10.6 Å². The van der Waals surface area contributed by atoms with Crippen molar-refractivity contribution in [3.8, 4) is 0 Å². The second-order valence-electron chi connectivity index (χ2n) is 6.93. The number of carbonyl (C=O) groups is 1. The van der Waals surface area contributed by atoms with Crippen molar-refractivity contribution in [1.82, 2.24) is 14.9 Å². The number of hydrogen-bond acceptors (Lipinski definition) is 4. The van der Waals surface area contributed by atoms with Crippen LogP contribution in [0.5, 0.6) is 0 Å². The molecular weight excluding hydrogens is 322 g/mol. The third-order valence-electron chi connectivity index (χ3n) is 4.75. The maximum Gasteiger partial charge on any atom is 0.257 e. The smallest absolute Gasteiger partial charge is 0.257 e. The van der Waals surface area contributed by atoms with Crippen LogP contribution < -0.4 is 10.7 Å². The summed E-state index contributed by atoms with van der Waals surface area (Å²) in [6.45, 7) is 3.94. The van der Waals surface area contributed by atoms with E-state index in [-0.39, 0.29) is 22.9 Å². The zero-order valence-corrected chi connectivity index (χ0v) is 14.7. The van der Waals surface area contributed by atoms with Crippen molar-refractivity contribution in [3.63, 3.8) is 0 Å². The third kappa shape index (κ3) is 3.02. The molecule has 2 fully saturated rings. The molecule has 2 aliphatic carbocycles. The zero-order chi connectivity index (χ0) is 16.8. The molecule has 1 N–H and O–H groups in total. The van der Waals surface area contributed by atoms with Crippen LogP contribution in [0.15, 0.2) is 23.3 Å². The Kier molecular flexibility index (Phi) is 3.79. The Morgan fingerprint density at radius 2 is 2.08 bits per heavy atom. The Morgan fingerprint density at radius 1 is 1.33 bits per heavy atom. The van der Waals surface area contributed by atoms with Crippen molar-refractivity contribution >= 4 is 17.2 Å². The summed E-state index contributed by atoms with van der Waals surface area (Å²) in [5, 5.41) is 4.01. The highest BCUT2D eigenvalue weighted by molar-refractivity contribution is 7.11. The molecule has 2 aromatic heterocycles. The molecule has 1 atom stereocenters. The summed E-state index contributed by atoms with van der Waals surface area (Å²) in [4.78, 5) is 30.6. The number of aromatic nitrogens is 2. The number of rotatable bonds is 5. The van der Waals surface area contributed by atoms with Gasteiger partial charge in [0.15, 0.2) is 5.43 Å². The lowest BCUT2D eigenvalue weighted by atomic mass is 10.1. The van der Waals surface area contributed by atoms with Gasteiger partial charge in [-0.15, -0.1) is 11.3 Å². The van der Waals surface area contributed by atoms with E-state index in [9.17, 15) is 9.59 Å². The number of nitrogens with one attached hydrogen (secondary N) is 1. The van der Waals surface area contributed by atoms with Crippen molar-refractivity contribution < 1.29 is 4.79 Å². The van der Waals surface area contributed by atoms with Gasteiger partial charge in [-0.3, -0.25) is 9.59 Å². The predicted molar refractivity (Wildman–Crippen MR) is 93.5 cm³/mol. The molecule has 5 nitrogen and oxygen atoms in total. The molecular formula is C18H21N3O2S. The van der Waals surface area contributed by atoms with Gasteiger partial charge in [-0.05, 0) is 45.4 Å². The number of hydrogen-bond donors (Lipinski definition) is 1. The first-order valence-electron chi connectivity index (χ1n) is 8.49. The van der Waals surface area contributed by atoms with Gasteiger partial charge < -0.3 is 9.88 Å².